The van der Waals surface area contributed by atoms with E-state index in [0.717, 1.165) is 0 Å². The second-order valence-electron chi connectivity index (χ2n) is 14.5. The summed E-state index contributed by atoms with van der Waals surface area (Å²) >= 11 is 0. The van der Waals surface area contributed by atoms with E-state index < -0.39 is 82.1 Å². The Kier molecular flexibility index (Phi) is 8.66. The average molecular weight is 629 g/mol. The summed E-state index contributed by atoms with van der Waals surface area (Å²) < 4.78 is 24.3. The summed E-state index contributed by atoms with van der Waals surface area (Å²) in [6.45, 7) is 14.1. The number of carbonyl (C=O) groups is 3. The number of fused-ring (bicyclic) bond motifs is 5. The quantitative estimate of drug-likeness (QED) is 0.303. The molecule has 1 aliphatic heterocycles. The Balaban J connectivity index is 1.76. The highest BCUT2D eigenvalue weighted by atomic mass is 16.6. The molecular formula is C35H48O10. The Morgan fingerprint density at radius 1 is 1.07 bits per heavy atom. The topological polar surface area (TPSA) is 149 Å². The predicted octanol–water partition coefficient (Wildman–Crippen LogP) is 3.40. The van der Waals surface area contributed by atoms with Crippen LogP contribution >= 0.6 is 0 Å². The molecule has 5 rings (SSSR count). The van der Waals surface area contributed by atoms with Gasteiger partial charge in [-0.3, -0.25) is 9.59 Å². The molecule has 1 heterocycles. The van der Waals surface area contributed by atoms with Gasteiger partial charge in [0.1, 0.15) is 29.5 Å². The van der Waals surface area contributed by atoms with E-state index in [4.69, 9.17) is 18.9 Å². The van der Waals surface area contributed by atoms with Crippen molar-refractivity contribution in [2.24, 2.45) is 28.6 Å². The highest BCUT2D eigenvalue weighted by Crippen LogP contribution is 2.63. The van der Waals surface area contributed by atoms with E-state index >= 15 is 0 Å². The minimum Gasteiger partial charge on any atom is -0.458 e. The Morgan fingerprint density at radius 3 is 2.27 bits per heavy atom. The molecular weight excluding hydrogens is 580 g/mol. The lowest BCUT2D eigenvalue weighted by Gasteiger charge is -2.67. The summed E-state index contributed by atoms with van der Waals surface area (Å²) in [7, 11) is 0. The van der Waals surface area contributed by atoms with Crippen LogP contribution in [-0.4, -0.2) is 88.0 Å². The van der Waals surface area contributed by atoms with Crippen LogP contribution in [0.1, 0.15) is 78.6 Å². The molecule has 7 unspecified atom stereocenters. The smallest absolute Gasteiger partial charge is 0.338 e. The Labute approximate surface area is 265 Å². The molecule has 248 valence electrons. The van der Waals surface area contributed by atoms with Gasteiger partial charge in [0.25, 0.3) is 0 Å². The van der Waals surface area contributed by atoms with Gasteiger partial charge in [0.15, 0.2) is 5.78 Å². The average Bonchev–Trinajstić information content (AvgIpc) is 2.98. The molecule has 10 nitrogen and oxygen atoms in total. The summed E-state index contributed by atoms with van der Waals surface area (Å²) in [5.41, 5.74) is -5.85. The minimum absolute atomic E-state index is 0.0194. The lowest BCUT2D eigenvalue weighted by atomic mass is 9.44. The first-order valence-corrected chi connectivity index (χ1v) is 16.0. The standard InChI is InChI=1S/C35H48O10/c1-9-42-23-15-24-34(40,17-43-24)27-29(45-31(39)21-13-11-10-12-14-21)35(41)16-22(44-30(38)19(4)18(2)3)20(5)25(32(35,6)7)26(36)28(37)33(23,27)8/h10-14,18-19,22-24,26-27,29,36,40-41H,9,15-17H2,1-8H3/t19-,22?,23?,24?,26?,27?,29?,33-,34+,35?/m1/s1. The van der Waals surface area contributed by atoms with Crippen molar-refractivity contribution in [1.29, 1.82) is 0 Å². The third-order valence-electron chi connectivity index (χ3n) is 11.6. The van der Waals surface area contributed by atoms with E-state index in [1.54, 1.807) is 71.9 Å². The van der Waals surface area contributed by atoms with Gasteiger partial charge in [0.2, 0.25) is 0 Å². The second kappa shape index (κ2) is 11.6. The third kappa shape index (κ3) is 4.90. The van der Waals surface area contributed by atoms with Gasteiger partial charge in [-0.25, -0.2) is 4.79 Å². The molecule has 1 saturated heterocycles. The predicted molar refractivity (Wildman–Crippen MR) is 163 cm³/mol. The van der Waals surface area contributed by atoms with Crippen molar-refractivity contribution in [3.63, 3.8) is 0 Å². The van der Waals surface area contributed by atoms with E-state index in [1.165, 1.54) is 0 Å². The number of esters is 2. The zero-order valence-electron chi connectivity index (χ0n) is 27.5. The van der Waals surface area contributed by atoms with Gasteiger partial charge in [-0.1, -0.05) is 52.8 Å². The number of hydrogen-bond donors (Lipinski definition) is 3. The molecule has 1 aromatic carbocycles. The van der Waals surface area contributed by atoms with Gasteiger partial charge in [0.05, 0.1) is 35.7 Å². The summed E-state index contributed by atoms with van der Waals surface area (Å²) in [5.74, 6) is -3.60. The van der Waals surface area contributed by atoms with E-state index in [-0.39, 0.29) is 43.1 Å². The summed E-state index contributed by atoms with van der Waals surface area (Å²) in [6, 6.07) is 8.28. The number of Topliss-reactive ketones (excluding diaryl/α,β-unsaturated/α-hetero) is 1. The molecule has 2 saturated carbocycles. The normalized spacial score (nSPS) is 39.5. The highest BCUT2D eigenvalue weighted by molar-refractivity contribution is 5.94. The number of ketones is 1. The number of aliphatic hydroxyl groups excluding tert-OH is 1. The fourth-order valence-corrected chi connectivity index (χ4v) is 8.32. The van der Waals surface area contributed by atoms with Crippen LogP contribution < -0.4 is 0 Å². The number of aliphatic hydroxyl groups is 3. The van der Waals surface area contributed by atoms with E-state index in [0.29, 0.717) is 5.57 Å². The van der Waals surface area contributed by atoms with Gasteiger partial charge >= 0.3 is 11.9 Å². The molecule has 1 aromatic rings. The summed E-state index contributed by atoms with van der Waals surface area (Å²) in [4.78, 5) is 41.9. The molecule has 2 bridgehead atoms. The Hall–Kier alpha value is -2.63. The molecule has 4 aliphatic rings. The fourth-order valence-electron chi connectivity index (χ4n) is 8.32. The van der Waals surface area contributed by atoms with Crippen LogP contribution in [0.4, 0.5) is 0 Å². The van der Waals surface area contributed by atoms with Crippen LogP contribution in [0.3, 0.4) is 0 Å². The SMILES string of the molecule is CCOC1CC2OC[C@@]2(O)C2C(OC(=O)c3ccccc3)C3(O)CC(OC(=O)[C@H](C)C(C)C)C(C)=C(C(O)C(=O)[C@]12C)C3(C)C. The molecule has 0 spiro atoms. The van der Waals surface area contributed by atoms with Crippen LogP contribution in [0.25, 0.3) is 0 Å². The maximum Gasteiger partial charge on any atom is 0.338 e. The first-order valence-electron chi connectivity index (χ1n) is 16.0. The molecule has 3 aliphatic carbocycles. The maximum absolute atomic E-state index is 14.8. The van der Waals surface area contributed by atoms with Crippen molar-refractivity contribution in [3.8, 4) is 0 Å². The van der Waals surface area contributed by atoms with Gasteiger partial charge in [-0.05, 0) is 50.0 Å². The van der Waals surface area contributed by atoms with Crippen molar-refractivity contribution >= 4 is 17.7 Å². The molecule has 45 heavy (non-hydrogen) atoms. The van der Waals surface area contributed by atoms with Crippen molar-refractivity contribution in [3.05, 3.63) is 47.0 Å². The van der Waals surface area contributed by atoms with Crippen molar-refractivity contribution in [2.75, 3.05) is 13.2 Å². The van der Waals surface area contributed by atoms with E-state index in [9.17, 15) is 29.7 Å². The lowest BCUT2D eigenvalue weighted by molar-refractivity contribution is -0.346. The van der Waals surface area contributed by atoms with E-state index in [1.807, 2.05) is 13.8 Å². The van der Waals surface area contributed by atoms with Crippen molar-refractivity contribution < 1.29 is 48.7 Å². The van der Waals surface area contributed by atoms with Crippen LogP contribution in [0.5, 0.6) is 0 Å². The van der Waals surface area contributed by atoms with Crippen LogP contribution in [-0.2, 0) is 28.5 Å². The molecule has 10 heteroatoms. The molecule has 3 fully saturated rings. The minimum atomic E-state index is -2.03. The van der Waals surface area contributed by atoms with Crippen molar-refractivity contribution in [1.82, 2.24) is 0 Å². The van der Waals surface area contributed by atoms with Gasteiger partial charge < -0.3 is 34.3 Å². The lowest BCUT2D eigenvalue weighted by Crippen LogP contribution is -2.81. The van der Waals surface area contributed by atoms with E-state index in [2.05, 4.69) is 0 Å². The Morgan fingerprint density at radius 2 is 1.71 bits per heavy atom. The molecule has 10 atom stereocenters. The van der Waals surface area contributed by atoms with Crippen LogP contribution in [0.2, 0.25) is 0 Å². The van der Waals surface area contributed by atoms with Crippen molar-refractivity contribution in [2.45, 2.75) is 110 Å². The monoisotopic (exact) mass is 628 g/mol. The highest BCUT2D eigenvalue weighted by Gasteiger charge is 2.76. The Bertz CT molecular complexity index is 1370. The van der Waals surface area contributed by atoms with Crippen LogP contribution in [0.15, 0.2) is 41.5 Å². The molecule has 0 radical (unpaired) electrons. The first kappa shape index (κ1) is 33.7. The number of hydrogen-bond acceptors (Lipinski definition) is 10. The molecule has 0 aromatic heterocycles. The number of rotatable bonds is 7. The number of carbonyl (C=O) groups excluding carboxylic acids is 3. The molecule has 3 N–H and O–H groups in total. The zero-order valence-corrected chi connectivity index (χ0v) is 27.5. The second-order valence-corrected chi connectivity index (χ2v) is 14.5. The largest absolute Gasteiger partial charge is 0.458 e. The van der Waals surface area contributed by atoms with Crippen LogP contribution in [0, 0.1) is 28.6 Å². The fraction of sp³-hybridized carbons (Fsp3) is 0.686. The number of benzene rings is 1. The maximum atomic E-state index is 14.8. The third-order valence-corrected chi connectivity index (χ3v) is 11.6. The van der Waals surface area contributed by atoms with Gasteiger partial charge in [0, 0.05) is 30.8 Å². The molecule has 0 amide bonds. The van der Waals surface area contributed by atoms with Gasteiger partial charge in [-0.2, -0.15) is 0 Å². The first-order chi connectivity index (χ1) is 21.0. The number of ether oxygens (including phenoxy) is 4. The van der Waals surface area contributed by atoms with Gasteiger partial charge in [-0.15, -0.1) is 0 Å². The summed E-state index contributed by atoms with van der Waals surface area (Å²) in [6.07, 6.45) is -5.89. The zero-order chi connectivity index (χ0) is 33.3. The summed E-state index contributed by atoms with van der Waals surface area (Å²) in [5, 5.41) is 37.5.